The van der Waals surface area contributed by atoms with Gasteiger partial charge in [-0.1, -0.05) is 27.7 Å². The summed E-state index contributed by atoms with van der Waals surface area (Å²) in [6.45, 7) is 13.4. The zero-order chi connectivity index (χ0) is 14.0. The second-order valence-corrected chi connectivity index (χ2v) is 4.97. The summed E-state index contributed by atoms with van der Waals surface area (Å²) in [5.74, 6) is 0. The van der Waals surface area contributed by atoms with Gasteiger partial charge in [0.05, 0.1) is 0 Å². The summed E-state index contributed by atoms with van der Waals surface area (Å²) < 4.78 is 0. The third-order valence-corrected chi connectivity index (χ3v) is 3.12. The summed E-state index contributed by atoms with van der Waals surface area (Å²) >= 11 is 0. The third kappa shape index (κ3) is 39.0. The van der Waals surface area contributed by atoms with Crippen molar-refractivity contribution in [1.82, 2.24) is 21.3 Å². The number of nitrogens with one attached hydrogen (secondary N) is 4. The maximum Gasteiger partial charge on any atom is -0.00368 e. The molecule has 4 nitrogen and oxygen atoms in total. The number of unbranched alkanes of at least 4 members (excludes halogenated alkanes) is 2. The van der Waals surface area contributed by atoms with Crippen LogP contribution in [0, 0.1) is 0 Å². The van der Waals surface area contributed by atoms with Gasteiger partial charge in [-0.2, -0.15) is 0 Å². The summed E-state index contributed by atoms with van der Waals surface area (Å²) in [6.07, 6.45) is 6.42. The molecule has 156 valence electrons. The molecule has 0 spiro atoms. The van der Waals surface area contributed by atoms with Crippen molar-refractivity contribution in [2.45, 2.75) is 53.4 Å². The Hall–Kier alpha value is 1.76. The van der Waals surface area contributed by atoms with Gasteiger partial charge in [0, 0.05) is 0 Å². The lowest BCUT2D eigenvalue weighted by molar-refractivity contribution is 0.547. The van der Waals surface area contributed by atoms with Crippen LogP contribution in [0.3, 0.4) is 0 Å². The number of hydrogen-bond donors (Lipinski definition) is 4. The molecule has 0 aromatic carbocycles. The summed E-state index contributed by atoms with van der Waals surface area (Å²) in [4.78, 5) is 0. The average Bonchev–Trinajstić information content (AvgIpc) is 2.43. The van der Waals surface area contributed by atoms with Gasteiger partial charge in [0.25, 0.3) is 0 Å². The summed E-state index contributed by atoms with van der Waals surface area (Å²) in [5.41, 5.74) is 0. The minimum Gasteiger partial charge on any atom is -0.317 e. The molecule has 0 aliphatic rings. The van der Waals surface area contributed by atoms with Crippen molar-refractivity contribution in [2.24, 2.45) is 0 Å². The lowest BCUT2D eigenvalue weighted by atomic mass is 10.2. The van der Waals surface area contributed by atoms with E-state index < -0.39 is 0 Å². The van der Waals surface area contributed by atoms with E-state index in [0.717, 1.165) is 39.3 Å². The van der Waals surface area contributed by atoms with Gasteiger partial charge in [-0.15, -0.1) is 67.9 Å². The fraction of sp³-hybridized carbons (Fsp3) is 1.00. The average molecular weight is 612 g/mol. The molecule has 0 rings (SSSR count). The van der Waals surface area contributed by atoms with Crippen molar-refractivity contribution < 1.29 is 0 Å². The van der Waals surface area contributed by atoms with E-state index in [-0.39, 0.29) is 75.4 Å². The highest BCUT2D eigenvalue weighted by Gasteiger charge is 1.91. The van der Waals surface area contributed by atoms with Crippen molar-refractivity contribution in [1.29, 1.82) is 0 Å². The van der Waals surface area contributed by atoms with E-state index in [9.17, 15) is 0 Å². The van der Waals surface area contributed by atoms with Crippen LogP contribution in [-0.4, -0.2) is 52.4 Å². The molecule has 0 aromatic heterocycles. The van der Waals surface area contributed by atoms with Crippen LogP contribution >= 0.6 is 67.9 Å². The maximum absolute atomic E-state index is 3.50. The second-order valence-electron chi connectivity index (χ2n) is 4.97. The molecule has 0 heterocycles. The van der Waals surface area contributed by atoms with Crippen LogP contribution in [0.25, 0.3) is 0 Å². The van der Waals surface area contributed by atoms with Crippen molar-refractivity contribution in [3.63, 3.8) is 0 Å². The van der Waals surface area contributed by atoms with Crippen LogP contribution in [0.1, 0.15) is 53.4 Å². The van der Waals surface area contributed by atoms with Crippen LogP contribution < -0.4 is 21.3 Å². The monoisotopic (exact) mass is 608 g/mol. The highest BCUT2D eigenvalue weighted by atomic mass is 79.9. The Morgan fingerprint density at radius 3 is 1.04 bits per heavy atom. The first-order valence-electron chi connectivity index (χ1n) is 8.24. The van der Waals surface area contributed by atoms with Gasteiger partial charge in [0.1, 0.15) is 0 Å². The number of hydrogen-bond acceptors (Lipinski definition) is 4. The molecule has 0 aliphatic carbocycles. The van der Waals surface area contributed by atoms with Gasteiger partial charge in [0.2, 0.25) is 0 Å². The van der Waals surface area contributed by atoms with Gasteiger partial charge in [-0.05, 0) is 78.0 Å². The topological polar surface area (TPSA) is 48.1 Å². The van der Waals surface area contributed by atoms with Crippen LogP contribution in [0.2, 0.25) is 0 Å². The van der Waals surface area contributed by atoms with Crippen LogP contribution in [-0.2, 0) is 0 Å². The molecule has 0 fully saturated rings. The van der Waals surface area contributed by atoms with Crippen LogP contribution in [0.4, 0.5) is 0 Å². The third-order valence-electron chi connectivity index (χ3n) is 3.12. The Morgan fingerprint density at radius 2 is 0.708 bits per heavy atom. The van der Waals surface area contributed by atoms with Gasteiger partial charge in [0.15, 0.2) is 0 Å². The molecule has 8 heteroatoms. The Labute approximate surface area is 193 Å². The standard InChI is InChI=1S/C15H36N4.CH4.4BrH/c1-3-16-12-8-14-18-10-6-5-7-11-19-15-9-13-17-4-2;;;;;/h16-19H,3-15H2,1-2H3;1H4;4*1H. The first kappa shape index (κ1) is 40.4. The van der Waals surface area contributed by atoms with E-state index in [0.29, 0.717) is 0 Å². The smallest absolute Gasteiger partial charge is 0.00368 e. The Balaban J connectivity index is -0.000000162. The maximum atomic E-state index is 3.50. The molecule has 0 amide bonds. The molecule has 0 aromatic rings. The van der Waals surface area contributed by atoms with E-state index in [4.69, 9.17) is 0 Å². The number of rotatable bonds is 16. The molecular formula is C16H44Br4N4. The SMILES string of the molecule is Br.Br.Br.Br.C.CCNCCCNCCCCCNCCCNCC. The highest BCUT2D eigenvalue weighted by molar-refractivity contribution is 8.93. The minimum atomic E-state index is 0. The minimum absolute atomic E-state index is 0. The predicted molar refractivity (Wildman–Crippen MR) is 134 cm³/mol. The first-order valence-corrected chi connectivity index (χ1v) is 8.24. The van der Waals surface area contributed by atoms with E-state index in [1.165, 1.54) is 45.2 Å². The lowest BCUT2D eigenvalue weighted by Crippen LogP contribution is -2.23. The fourth-order valence-electron chi connectivity index (χ4n) is 1.96. The molecular weight excluding hydrogens is 568 g/mol. The van der Waals surface area contributed by atoms with Crippen LogP contribution in [0.5, 0.6) is 0 Å². The van der Waals surface area contributed by atoms with E-state index >= 15 is 0 Å². The molecule has 24 heavy (non-hydrogen) atoms. The van der Waals surface area contributed by atoms with Crippen molar-refractivity contribution in [3.8, 4) is 0 Å². The van der Waals surface area contributed by atoms with Gasteiger partial charge in [-0.25, -0.2) is 0 Å². The number of halogens is 4. The van der Waals surface area contributed by atoms with Gasteiger partial charge >= 0.3 is 0 Å². The lowest BCUT2D eigenvalue weighted by Gasteiger charge is -2.06. The summed E-state index contributed by atoms with van der Waals surface area (Å²) in [6, 6.07) is 0. The molecule has 0 saturated carbocycles. The zero-order valence-corrected chi connectivity index (χ0v) is 21.7. The Bertz CT molecular complexity index is 153. The largest absolute Gasteiger partial charge is 0.317 e. The van der Waals surface area contributed by atoms with Crippen LogP contribution in [0.15, 0.2) is 0 Å². The Morgan fingerprint density at radius 1 is 0.417 bits per heavy atom. The van der Waals surface area contributed by atoms with Crippen molar-refractivity contribution in [2.75, 3.05) is 52.4 Å². The van der Waals surface area contributed by atoms with E-state index in [2.05, 4.69) is 35.1 Å². The molecule has 0 aliphatic heterocycles. The van der Waals surface area contributed by atoms with E-state index in [1.807, 2.05) is 0 Å². The molecule has 0 radical (unpaired) electrons. The summed E-state index contributed by atoms with van der Waals surface area (Å²) in [5, 5.41) is 13.7. The summed E-state index contributed by atoms with van der Waals surface area (Å²) in [7, 11) is 0. The highest BCUT2D eigenvalue weighted by Crippen LogP contribution is 1.92. The van der Waals surface area contributed by atoms with Gasteiger partial charge < -0.3 is 21.3 Å². The molecule has 0 bridgehead atoms. The van der Waals surface area contributed by atoms with Crippen molar-refractivity contribution in [3.05, 3.63) is 0 Å². The predicted octanol–water partition coefficient (Wildman–Crippen LogP) is 4.28. The Kier molecular flexibility index (Phi) is 66.9. The fourth-order valence-corrected chi connectivity index (χ4v) is 1.96. The second kappa shape index (κ2) is 39.7. The molecule has 0 atom stereocenters. The quantitative estimate of drug-likeness (QED) is 0.197. The van der Waals surface area contributed by atoms with Gasteiger partial charge in [-0.3, -0.25) is 0 Å². The van der Waals surface area contributed by atoms with Crippen molar-refractivity contribution >= 4 is 67.9 Å². The zero-order valence-electron chi connectivity index (χ0n) is 14.8. The molecule has 4 N–H and O–H groups in total. The first-order chi connectivity index (χ1) is 9.41. The van der Waals surface area contributed by atoms with E-state index in [1.54, 1.807) is 0 Å². The normalized spacial score (nSPS) is 8.75. The molecule has 0 unspecified atom stereocenters. The molecule has 0 saturated heterocycles.